The molecular formula is C15H23Cl2NO. The normalized spacial score (nSPS) is 20.3. The number of halogens is 2. The summed E-state index contributed by atoms with van der Waals surface area (Å²) < 4.78 is 0. The van der Waals surface area contributed by atoms with Crippen LogP contribution in [0.4, 0.5) is 0 Å². The van der Waals surface area contributed by atoms with Crippen LogP contribution in [0.5, 0.6) is 0 Å². The third kappa shape index (κ3) is 3.08. The molecule has 0 aromatic heterocycles. The molecule has 0 amide bonds. The van der Waals surface area contributed by atoms with Gasteiger partial charge >= 0.3 is 0 Å². The molecule has 1 aliphatic carbocycles. The molecule has 2 rings (SSSR count). The Morgan fingerprint density at radius 2 is 1.74 bits per heavy atom. The Labute approximate surface area is 126 Å². The van der Waals surface area contributed by atoms with Gasteiger partial charge in [-0.2, -0.15) is 0 Å². The number of hydrogen-bond donors (Lipinski definition) is 2. The quantitative estimate of drug-likeness (QED) is 0.894. The van der Waals surface area contributed by atoms with Gasteiger partial charge in [0.05, 0.1) is 6.10 Å². The van der Waals surface area contributed by atoms with E-state index in [1.807, 2.05) is 26.0 Å². The molecule has 2 nitrogen and oxygen atoms in total. The molecule has 0 bridgehead atoms. The molecule has 1 aromatic carbocycles. The summed E-state index contributed by atoms with van der Waals surface area (Å²) in [5.74, 6) is 0.185. The first kappa shape index (κ1) is 16.8. The molecule has 0 aliphatic heterocycles. The molecule has 0 saturated heterocycles. The molecule has 19 heavy (non-hydrogen) atoms. The molecule has 2 atom stereocenters. The highest BCUT2D eigenvalue weighted by atomic mass is 35.5. The Balaban J connectivity index is 0.00000180. The molecule has 1 fully saturated rings. The lowest BCUT2D eigenvalue weighted by Crippen LogP contribution is -2.57. The zero-order valence-corrected chi connectivity index (χ0v) is 13.0. The molecule has 108 valence electrons. The minimum Gasteiger partial charge on any atom is -0.391 e. The van der Waals surface area contributed by atoms with Crippen molar-refractivity contribution in [1.82, 2.24) is 0 Å². The number of nitrogens with two attached hydrogens (primary N) is 1. The van der Waals surface area contributed by atoms with E-state index in [-0.39, 0.29) is 29.8 Å². The van der Waals surface area contributed by atoms with Crippen LogP contribution in [0.3, 0.4) is 0 Å². The van der Waals surface area contributed by atoms with Gasteiger partial charge in [-0.3, -0.25) is 0 Å². The second-order valence-corrected chi connectivity index (χ2v) is 6.21. The van der Waals surface area contributed by atoms with Gasteiger partial charge in [-0.05, 0) is 36.5 Å². The predicted octanol–water partition coefficient (Wildman–Crippen LogP) is 3.53. The number of aliphatic hydroxyl groups excluding tert-OH is 1. The Bertz CT molecular complexity index is 401. The SMILES string of the molecule is CC(C)[C@@H](O)[C@@H](N)C1(c2ccc(Cl)cc2)CCC1.Cl. The summed E-state index contributed by atoms with van der Waals surface area (Å²) in [7, 11) is 0. The van der Waals surface area contributed by atoms with E-state index in [1.54, 1.807) is 0 Å². The van der Waals surface area contributed by atoms with Crippen LogP contribution in [0.25, 0.3) is 0 Å². The summed E-state index contributed by atoms with van der Waals surface area (Å²) in [5.41, 5.74) is 7.50. The van der Waals surface area contributed by atoms with E-state index in [0.717, 1.165) is 17.9 Å². The first-order valence-electron chi connectivity index (χ1n) is 6.67. The van der Waals surface area contributed by atoms with Gasteiger partial charge in [0.15, 0.2) is 0 Å². The minimum atomic E-state index is -0.457. The van der Waals surface area contributed by atoms with Gasteiger partial charge in [-0.15, -0.1) is 12.4 Å². The molecule has 4 heteroatoms. The van der Waals surface area contributed by atoms with Crippen LogP contribution in [0, 0.1) is 5.92 Å². The van der Waals surface area contributed by atoms with Crippen LogP contribution in [0.15, 0.2) is 24.3 Å². The topological polar surface area (TPSA) is 46.2 Å². The van der Waals surface area contributed by atoms with Gasteiger partial charge in [-0.1, -0.05) is 44.0 Å². The van der Waals surface area contributed by atoms with E-state index >= 15 is 0 Å². The van der Waals surface area contributed by atoms with Crippen molar-refractivity contribution >= 4 is 24.0 Å². The highest BCUT2D eigenvalue weighted by Crippen LogP contribution is 2.47. The van der Waals surface area contributed by atoms with Crippen molar-refractivity contribution in [2.75, 3.05) is 0 Å². The first-order valence-corrected chi connectivity index (χ1v) is 7.05. The Morgan fingerprint density at radius 1 is 1.21 bits per heavy atom. The van der Waals surface area contributed by atoms with Crippen molar-refractivity contribution in [3.63, 3.8) is 0 Å². The number of benzene rings is 1. The van der Waals surface area contributed by atoms with Crippen LogP contribution in [-0.4, -0.2) is 17.3 Å². The molecule has 1 aliphatic rings. The van der Waals surface area contributed by atoms with Gasteiger partial charge in [0.25, 0.3) is 0 Å². The van der Waals surface area contributed by atoms with Crippen molar-refractivity contribution < 1.29 is 5.11 Å². The van der Waals surface area contributed by atoms with E-state index in [2.05, 4.69) is 12.1 Å². The van der Waals surface area contributed by atoms with Crippen LogP contribution in [0.1, 0.15) is 38.7 Å². The zero-order chi connectivity index (χ0) is 13.3. The smallest absolute Gasteiger partial charge is 0.0722 e. The number of hydrogen-bond acceptors (Lipinski definition) is 2. The van der Waals surface area contributed by atoms with Crippen LogP contribution in [-0.2, 0) is 5.41 Å². The summed E-state index contributed by atoms with van der Waals surface area (Å²) in [6.07, 6.45) is 2.83. The lowest BCUT2D eigenvalue weighted by atomic mass is 9.58. The van der Waals surface area contributed by atoms with Crippen molar-refractivity contribution in [1.29, 1.82) is 0 Å². The predicted molar refractivity (Wildman–Crippen MR) is 83.0 cm³/mol. The van der Waals surface area contributed by atoms with Crippen LogP contribution in [0.2, 0.25) is 5.02 Å². The van der Waals surface area contributed by atoms with E-state index in [1.165, 1.54) is 12.0 Å². The minimum absolute atomic E-state index is 0. The first-order chi connectivity index (χ1) is 8.47. The van der Waals surface area contributed by atoms with Crippen molar-refractivity contribution in [3.05, 3.63) is 34.9 Å². The van der Waals surface area contributed by atoms with Gasteiger partial charge in [0.2, 0.25) is 0 Å². The van der Waals surface area contributed by atoms with E-state index < -0.39 is 6.10 Å². The molecule has 3 N–H and O–H groups in total. The van der Waals surface area contributed by atoms with Gasteiger partial charge in [0, 0.05) is 16.5 Å². The molecule has 0 radical (unpaired) electrons. The summed E-state index contributed by atoms with van der Waals surface area (Å²) in [5, 5.41) is 11.0. The lowest BCUT2D eigenvalue weighted by molar-refractivity contribution is 0.0362. The van der Waals surface area contributed by atoms with Crippen molar-refractivity contribution in [2.45, 2.75) is 50.7 Å². The maximum Gasteiger partial charge on any atom is 0.0722 e. The maximum atomic E-state index is 10.3. The Hall–Kier alpha value is -0.280. The second kappa shape index (κ2) is 6.45. The maximum absolute atomic E-state index is 10.3. The monoisotopic (exact) mass is 303 g/mol. The largest absolute Gasteiger partial charge is 0.391 e. The Kier molecular flexibility index (Phi) is 5.69. The molecule has 1 aromatic rings. The summed E-state index contributed by atoms with van der Waals surface area (Å²) in [6, 6.07) is 7.71. The molecule has 0 heterocycles. The van der Waals surface area contributed by atoms with Crippen molar-refractivity contribution in [3.8, 4) is 0 Å². The Morgan fingerprint density at radius 3 is 2.11 bits per heavy atom. The number of rotatable bonds is 4. The summed E-state index contributed by atoms with van der Waals surface area (Å²) in [4.78, 5) is 0. The highest BCUT2D eigenvalue weighted by Gasteiger charge is 2.46. The molecular weight excluding hydrogens is 281 g/mol. The van der Waals surface area contributed by atoms with E-state index in [9.17, 15) is 5.11 Å². The third-order valence-corrected chi connectivity index (χ3v) is 4.61. The average molecular weight is 304 g/mol. The van der Waals surface area contributed by atoms with Gasteiger partial charge in [-0.25, -0.2) is 0 Å². The fraction of sp³-hybridized carbons (Fsp3) is 0.600. The molecule has 1 saturated carbocycles. The van der Waals surface area contributed by atoms with Gasteiger partial charge < -0.3 is 10.8 Å². The average Bonchev–Trinajstić information content (AvgIpc) is 2.28. The lowest BCUT2D eigenvalue weighted by Gasteiger charge is -2.49. The fourth-order valence-electron chi connectivity index (χ4n) is 2.90. The van der Waals surface area contributed by atoms with E-state index in [4.69, 9.17) is 17.3 Å². The standard InChI is InChI=1S/C15H22ClNO.ClH/c1-10(2)13(18)14(17)15(8-3-9-15)11-4-6-12(16)7-5-11;/h4-7,10,13-14,18H,3,8-9,17H2,1-2H3;1H/t13-,14-;/m1./s1. The van der Waals surface area contributed by atoms with Crippen LogP contribution < -0.4 is 5.73 Å². The molecule has 0 spiro atoms. The van der Waals surface area contributed by atoms with E-state index in [0.29, 0.717) is 0 Å². The van der Waals surface area contributed by atoms with Crippen LogP contribution >= 0.6 is 24.0 Å². The number of aliphatic hydroxyl groups is 1. The second-order valence-electron chi connectivity index (χ2n) is 5.78. The summed E-state index contributed by atoms with van der Waals surface area (Å²) in [6.45, 7) is 4.03. The van der Waals surface area contributed by atoms with Crippen molar-refractivity contribution in [2.24, 2.45) is 11.7 Å². The summed E-state index contributed by atoms with van der Waals surface area (Å²) >= 11 is 5.93. The highest BCUT2D eigenvalue weighted by molar-refractivity contribution is 6.30. The third-order valence-electron chi connectivity index (χ3n) is 4.35. The fourth-order valence-corrected chi connectivity index (χ4v) is 3.02. The van der Waals surface area contributed by atoms with Gasteiger partial charge in [0.1, 0.15) is 0 Å². The molecule has 0 unspecified atom stereocenters. The zero-order valence-electron chi connectivity index (χ0n) is 11.5.